The molecular weight excluding hydrogens is 326 g/mol. The summed E-state index contributed by atoms with van der Waals surface area (Å²) in [6, 6.07) is 8.23. The quantitative estimate of drug-likeness (QED) is 0.922. The van der Waals surface area contributed by atoms with E-state index in [2.05, 4.69) is 0 Å². The van der Waals surface area contributed by atoms with E-state index in [1.54, 1.807) is 4.90 Å². The highest BCUT2D eigenvalue weighted by molar-refractivity contribution is 5.94. The van der Waals surface area contributed by atoms with Gasteiger partial charge in [-0.05, 0) is 31.0 Å². The molecule has 0 unspecified atom stereocenters. The number of furan rings is 1. The van der Waals surface area contributed by atoms with Gasteiger partial charge in [-0.15, -0.1) is 0 Å². The number of para-hydroxylation sites is 1. The molecule has 4 rings (SSSR count). The lowest BCUT2D eigenvalue weighted by Gasteiger charge is -2.28. The van der Waals surface area contributed by atoms with E-state index < -0.39 is 5.97 Å². The van der Waals surface area contributed by atoms with Crippen LogP contribution in [-0.2, 0) is 0 Å². The predicted molar refractivity (Wildman–Crippen MR) is 86.1 cm³/mol. The Morgan fingerprint density at radius 3 is 2.68 bits per heavy atom. The zero-order valence-electron chi connectivity index (χ0n) is 13.4. The minimum atomic E-state index is -1.19. The first-order valence-corrected chi connectivity index (χ1v) is 8.18. The van der Waals surface area contributed by atoms with Crippen LogP contribution in [0.15, 0.2) is 34.7 Å². The monoisotopic (exact) mass is 343 g/mol. The van der Waals surface area contributed by atoms with Crippen LogP contribution in [0.1, 0.15) is 45.6 Å². The molecule has 0 radical (unpaired) electrons. The van der Waals surface area contributed by atoms with E-state index >= 15 is 0 Å². The molecule has 2 aliphatic rings. The third-order valence-corrected chi connectivity index (χ3v) is 4.50. The Morgan fingerprint density at radius 1 is 1.08 bits per heavy atom. The van der Waals surface area contributed by atoms with Crippen LogP contribution in [0, 0.1) is 0 Å². The first-order valence-electron chi connectivity index (χ1n) is 8.18. The molecule has 0 spiro atoms. The Hall–Kier alpha value is -2.96. The number of aromatic carboxylic acids is 1. The highest BCUT2D eigenvalue weighted by atomic mass is 16.6. The Morgan fingerprint density at radius 2 is 1.88 bits per heavy atom. The van der Waals surface area contributed by atoms with E-state index in [9.17, 15) is 9.59 Å². The van der Waals surface area contributed by atoms with Gasteiger partial charge in [-0.1, -0.05) is 12.1 Å². The summed E-state index contributed by atoms with van der Waals surface area (Å²) >= 11 is 0. The molecule has 25 heavy (non-hydrogen) atoms. The van der Waals surface area contributed by atoms with Crippen LogP contribution in [-0.4, -0.2) is 41.6 Å². The minimum absolute atomic E-state index is 0.0336. The summed E-state index contributed by atoms with van der Waals surface area (Å²) in [5.74, 6) is -0.346. The Balaban J connectivity index is 1.64. The number of rotatable bonds is 3. The summed E-state index contributed by atoms with van der Waals surface area (Å²) in [4.78, 5) is 25.5. The average molecular weight is 343 g/mol. The molecule has 1 saturated heterocycles. The molecule has 0 aliphatic carbocycles. The van der Waals surface area contributed by atoms with Gasteiger partial charge in [0.25, 0.3) is 5.91 Å². The third-order valence-electron chi connectivity index (χ3n) is 4.50. The molecule has 130 valence electrons. The van der Waals surface area contributed by atoms with E-state index in [-0.39, 0.29) is 23.5 Å². The number of nitrogens with zero attached hydrogens (tertiary/aromatic N) is 1. The van der Waals surface area contributed by atoms with Crippen LogP contribution in [0.2, 0.25) is 0 Å². The van der Waals surface area contributed by atoms with Crippen molar-refractivity contribution in [1.82, 2.24) is 4.90 Å². The van der Waals surface area contributed by atoms with Crippen LogP contribution in [0.5, 0.6) is 11.5 Å². The van der Waals surface area contributed by atoms with Crippen molar-refractivity contribution in [3.63, 3.8) is 0 Å². The number of amides is 1. The van der Waals surface area contributed by atoms with Gasteiger partial charge < -0.3 is 23.9 Å². The molecule has 1 fully saturated rings. The maximum absolute atomic E-state index is 12.8. The summed E-state index contributed by atoms with van der Waals surface area (Å²) in [5.41, 5.74) is 0.910. The van der Waals surface area contributed by atoms with Crippen molar-refractivity contribution in [2.45, 2.75) is 18.9 Å². The molecule has 7 nitrogen and oxygen atoms in total. The fraction of sp³-hybridized carbons (Fsp3) is 0.333. The van der Waals surface area contributed by atoms with Crippen molar-refractivity contribution in [3.8, 4) is 11.5 Å². The molecule has 2 aromatic rings. The minimum Gasteiger partial charge on any atom is -0.486 e. The summed E-state index contributed by atoms with van der Waals surface area (Å²) in [6.45, 7) is 1.57. The first-order chi connectivity index (χ1) is 12.1. The number of carboxylic acids is 1. The Labute approximate surface area is 143 Å². The summed E-state index contributed by atoms with van der Waals surface area (Å²) < 4.78 is 16.6. The predicted octanol–water partition coefficient (Wildman–Crippen LogP) is 2.73. The van der Waals surface area contributed by atoms with Crippen molar-refractivity contribution in [2.24, 2.45) is 0 Å². The highest BCUT2D eigenvalue weighted by Crippen LogP contribution is 2.43. The van der Waals surface area contributed by atoms with Crippen LogP contribution in [0.3, 0.4) is 0 Å². The second kappa shape index (κ2) is 6.16. The van der Waals surface area contributed by atoms with Crippen LogP contribution < -0.4 is 9.47 Å². The fourth-order valence-electron chi connectivity index (χ4n) is 3.40. The van der Waals surface area contributed by atoms with Crippen molar-refractivity contribution in [3.05, 3.63) is 47.4 Å². The number of carboxylic acid groups (broad SMARTS) is 1. The van der Waals surface area contributed by atoms with E-state index in [4.69, 9.17) is 19.0 Å². The number of fused-ring (bicyclic) bond motifs is 1. The largest absolute Gasteiger partial charge is 0.486 e. The number of ether oxygens (including phenoxy) is 2. The lowest BCUT2D eigenvalue weighted by molar-refractivity contribution is 0.0644. The van der Waals surface area contributed by atoms with Gasteiger partial charge in [0.2, 0.25) is 5.76 Å². The topological polar surface area (TPSA) is 89.2 Å². The smallest absolute Gasteiger partial charge is 0.371 e. The van der Waals surface area contributed by atoms with Gasteiger partial charge in [0.15, 0.2) is 17.3 Å². The molecule has 2 aliphatic heterocycles. The second-order valence-corrected chi connectivity index (χ2v) is 6.00. The van der Waals surface area contributed by atoms with Gasteiger partial charge in [0.05, 0.1) is 6.04 Å². The molecule has 0 saturated carbocycles. The summed E-state index contributed by atoms with van der Waals surface area (Å²) in [6.07, 6.45) is 1.66. The van der Waals surface area contributed by atoms with Gasteiger partial charge in [-0.3, -0.25) is 4.79 Å². The van der Waals surface area contributed by atoms with Gasteiger partial charge in [0, 0.05) is 12.1 Å². The number of likely N-dealkylation sites (tertiary alicyclic amines) is 1. The van der Waals surface area contributed by atoms with Crippen LogP contribution >= 0.6 is 0 Å². The SMILES string of the molecule is O=C(O)c1ccc(C(=O)N2CCC[C@@H]2c2cccc3c2OCCO3)o1. The van der Waals surface area contributed by atoms with Gasteiger partial charge in [-0.25, -0.2) is 4.79 Å². The Kier molecular flexibility index (Phi) is 3.83. The van der Waals surface area contributed by atoms with Crippen LogP contribution in [0.25, 0.3) is 0 Å². The van der Waals surface area contributed by atoms with Crippen molar-refractivity contribution >= 4 is 11.9 Å². The highest BCUT2D eigenvalue weighted by Gasteiger charge is 2.35. The summed E-state index contributed by atoms with van der Waals surface area (Å²) in [5, 5.41) is 8.96. The number of hydrogen-bond acceptors (Lipinski definition) is 5. The number of benzene rings is 1. The molecule has 1 aromatic heterocycles. The van der Waals surface area contributed by atoms with E-state index in [0.29, 0.717) is 31.3 Å². The molecule has 1 aromatic carbocycles. The van der Waals surface area contributed by atoms with Crippen LogP contribution in [0.4, 0.5) is 0 Å². The zero-order valence-corrected chi connectivity index (χ0v) is 13.4. The third kappa shape index (κ3) is 2.71. The number of hydrogen-bond donors (Lipinski definition) is 1. The normalized spacial score (nSPS) is 19.0. The molecule has 1 amide bonds. The first kappa shape index (κ1) is 15.6. The molecule has 0 bridgehead atoms. The molecule has 1 atom stereocenters. The van der Waals surface area contributed by atoms with Crippen molar-refractivity contribution in [1.29, 1.82) is 0 Å². The lowest BCUT2D eigenvalue weighted by Crippen LogP contribution is -2.31. The summed E-state index contributed by atoms with van der Waals surface area (Å²) in [7, 11) is 0. The maximum Gasteiger partial charge on any atom is 0.371 e. The molecule has 3 heterocycles. The zero-order chi connectivity index (χ0) is 17.4. The second-order valence-electron chi connectivity index (χ2n) is 6.00. The number of carbonyl (C=O) groups excluding carboxylic acids is 1. The Bertz CT molecular complexity index is 827. The number of carbonyl (C=O) groups is 2. The van der Waals surface area contributed by atoms with Crippen molar-refractivity contribution in [2.75, 3.05) is 19.8 Å². The van der Waals surface area contributed by atoms with Crippen molar-refractivity contribution < 1.29 is 28.6 Å². The van der Waals surface area contributed by atoms with E-state index in [1.165, 1.54) is 12.1 Å². The van der Waals surface area contributed by atoms with E-state index in [1.807, 2.05) is 18.2 Å². The lowest BCUT2D eigenvalue weighted by atomic mass is 10.0. The maximum atomic E-state index is 12.8. The van der Waals surface area contributed by atoms with Gasteiger partial charge in [-0.2, -0.15) is 0 Å². The molecular formula is C18H17NO6. The van der Waals surface area contributed by atoms with Gasteiger partial charge >= 0.3 is 5.97 Å². The average Bonchev–Trinajstić information content (AvgIpc) is 3.30. The fourth-order valence-corrected chi connectivity index (χ4v) is 3.40. The van der Waals surface area contributed by atoms with Gasteiger partial charge in [0.1, 0.15) is 13.2 Å². The standard InChI is InChI=1S/C18H17NO6/c20-17(14-6-7-15(25-14)18(21)22)19-8-2-4-12(19)11-3-1-5-13-16(11)24-10-9-23-13/h1,3,5-7,12H,2,4,8-10H2,(H,21,22)/t12-/m1/s1. The van der Waals surface area contributed by atoms with E-state index in [0.717, 1.165) is 18.4 Å². The molecule has 7 heteroatoms. The molecule has 1 N–H and O–H groups in total.